The van der Waals surface area contributed by atoms with Crippen molar-refractivity contribution in [3.05, 3.63) is 23.9 Å². The van der Waals surface area contributed by atoms with E-state index in [1.165, 1.54) is 6.07 Å². The molecule has 0 radical (unpaired) electrons. The standard InChI is InChI=1S/C23H29F3N4O3/c1-29(18-4-2-3-17(28-18)23(24,25)26)16-5-6-30(12-16)21(32)33-19-14-7-13-8-15(19)11-22(9-13,10-14)20(27)31/h2-4,13-16,19H,5-12H2,1H3,(H2,27,31)/t13?,14-,15?,16?,19?,22?/m0/s1. The predicted molar refractivity (Wildman–Crippen MR) is 113 cm³/mol. The normalized spacial score (nSPS) is 35.0. The van der Waals surface area contributed by atoms with Crippen LogP contribution in [0, 0.1) is 23.2 Å². The second-order valence-electron chi connectivity index (χ2n) is 10.3. The molecule has 7 nitrogen and oxygen atoms in total. The van der Waals surface area contributed by atoms with Crippen LogP contribution in [-0.4, -0.2) is 54.2 Å². The minimum Gasteiger partial charge on any atom is -0.446 e. The molecule has 2 heterocycles. The molecule has 1 aromatic heterocycles. The number of amides is 2. The van der Waals surface area contributed by atoms with Crippen LogP contribution < -0.4 is 10.6 Å². The van der Waals surface area contributed by atoms with Gasteiger partial charge in [-0.05, 0) is 68.4 Å². The van der Waals surface area contributed by atoms with E-state index in [-0.39, 0.29) is 41.8 Å². The molecule has 6 atom stereocenters. The summed E-state index contributed by atoms with van der Waals surface area (Å²) in [6, 6.07) is 3.68. The molecule has 1 aromatic rings. The van der Waals surface area contributed by atoms with Crippen molar-refractivity contribution in [3.8, 4) is 0 Å². The van der Waals surface area contributed by atoms with Gasteiger partial charge in [-0.1, -0.05) is 6.07 Å². The summed E-state index contributed by atoms with van der Waals surface area (Å²) in [5, 5.41) is 0. The Bertz CT molecular complexity index is 939. The molecule has 1 aliphatic heterocycles. The SMILES string of the molecule is CN(c1cccc(C(F)(F)F)n1)C1CCN(C(=O)OC2C3CC4C[C@H]2CC(C(N)=O)(C4)C3)C1. The Morgan fingerprint density at radius 3 is 2.55 bits per heavy atom. The van der Waals surface area contributed by atoms with Gasteiger partial charge in [0.05, 0.1) is 5.41 Å². The molecule has 2 N–H and O–H groups in total. The lowest BCUT2D eigenvalue weighted by atomic mass is 9.48. The first-order valence-corrected chi connectivity index (χ1v) is 11.6. The summed E-state index contributed by atoms with van der Waals surface area (Å²) in [6.07, 6.45) is -0.273. The fourth-order valence-electron chi connectivity index (χ4n) is 6.85. The van der Waals surface area contributed by atoms with E-state index < -0.39 is 17.3 Å². The number of likely N-dealkylation sites (tertiary alicyclic amines) is 1. The lowest BCUT2D eigenvalue weighted by Gasteiger charge is -2.58. The van der Waals surface area contributed by atoms with Crippen LogP contribution in [0.25, 0.3) is 0 Å². The molecule has 5 fully saturated rings. The Morgan fingerprint density at radius 2 is 1.91 bits per heavy atom. The largest absolute Gasteiger partial charge is 0.446 e. The van der Waals surface area contributed by atoms with Gasteiger partial charge in [-0.15, -0.1) is 0 Å². The molecule has 0 spiro atoms. The Hall–Kier alpha value is -2.52. The average molecular weight is 467 g/mol. The van der Waals surface area contributed by atoms with Crippen molar-refractivity contribution in [1.29, 1.82) is 0 Å². The van der Waals surface area contributed by atoms with Crippen molar-refractivity contribution in [3.63, 3.8) is 0 Å². The topological polar surface area (TPSA) is 88.8 Å². The maximum absolute atomic E-state index is 13.0. The van der Waals surface area contributed by atoms with Gasteiger partial charge < -0.3 is 20.3 Å². The number of likely N-dealkylation sites (N-methyl/N-ethyl adjacent to an activating group) is 1. The minimum atomic E-state index is -4.51. The molecule has 0 aromatic carbocycles. The number of carbonyl (C=O) groups excluding carboxylic acids is 2. The monoisotopic (exact) mass is 466 g/mol. The molecule has 10 heteroatoms. The van der Waals surface area contributed by atoms with Crippen LogP contribution in [0.3, 0.4) is 0 Å². The number of carbonyl (C=O) groups is 2. The zero-order chi connectivity index (χ0) is 23.5. The molecule has 5 unspecified atom stereocenters. The number of pyridine rings is 1. The summed E-state index contributed by atoms with van der Waals surface area (Å²) in [4.78, 5) is 32.2. The van der Waals surface area contributed by atoms with Crippen LogP contribution in [-0.2, 0) is 15.7 Å². The Morgan fingerprint density at radius 1 is 1.21 bits per heavy atom. The molecule has 2 amide bonds. The maximum atomic E-state index is 13.0. The van der Waals surface area contributed by atoms with Gasteiger partial charge in [0.2, 0.25) is 5.91 Å². The molecular weight excluding hydrogens is 437 g/mol. The number of hydrogen-bond acceptors (Lipinski definition) is 5. The Balaban J connectivity index is 1.21. The summed E-state index contributed by atoms with van der Waals surface area (Å²) in [5.41, 5.74) is 4.37. The fraction of sp³-hybridized carbons (Fsp3) is 0.696. The van der Waals surface area contributed by atoms with E-state index in [0.717, 1.165) is 25.3 Å². The van der Waals surface area contributed by atoms with Gasteiger partial charge in [-0.3, -0.25) is 4.79 Å². The van der Waals surface area contributed by atoms with Gasteiger partial charge in [-0.25, -0.2) is 9.78 Å². The van der Waals surface area contributed by atoms with Crippen molar-refractivity contribution in [2.75, 3.05) is 25.0 Å². The van der Waals surface area contributed by atoms with E-state index in [2.05, 4.69) is 4.98 Å². The number of primary amides is 1. The smallest absolute Gasteiger partial charge is 0.433 e. The van der Waals surface area contributed by atoms with E-state index in [1.54, 1.807) is 22.9 Å². The van der Waals surface area contributed by atoms with Crippen LogP contribution >= 0.6 is 0 Å². The van der Waals surface area contributed by atoms with Crippen LogP contribution in [0.2, 0.25) is 0 Å². The van der Waals surface area contributed by atoms with E-state index in [9.17, 15) is 22.8 Å². The molecule has 4 aliphatic carbocycles. The van der Waals surface area contributed by atoms with E-state index in [4.69, 9.17) is 10.5 Å². The quantitative estimate of drug-likeness (QED) is 0.735. The number of aromatic nitrogens is 1. The second kappa shape index (κ2) is 7.77. The third-order valence-electron chi connectivity index (χ3n) is 8.30. The maximum Gasteiger partial charge on any atom is 0.433 e. The van der Waals surface area contributed by atoms with Gasteiger partial charge in [0.25, 0.3) is 0 Å². The van der Waals surface area contributed by atoms with Crippen molar-refractivity contribution in [2.45, 2.75) is 56.8 Å². The number of rotatable bonds is 4. The van der Waals surface area contributed by atoms with Gasteiger partial charge >= 0.3 is 12.3 Å². The van der Waals surface area contributed by atoms with E-state index in [1.807, 2.05) is 0 Å². The van der Waals surface area contributed by atoms with Gasteiger partial charge in [0.15, 0.2) is 0 Å². The predicted octanol–water partition coefficient (Wildman–Crippen LogP) is 3.43. The molecule has 5 aliphatic rings. The molecule has 4 saturated carbocycles. The highest BCUT2D eigenvalue weighted by Gasteiger charge is 2.59. The number of hydrogen-bond donors (Lipinski definition) is 1. The first-order chi connectivity index (χ1) is 15.6. The number of alkyl halides is 3. The second-order valence-corrected chi connectivity index (χ2v) is 10.3. The number of halogens is 3. The van der Waals surface area contributed by atoms with Gasteiger partial charge in [0.1, 0.15) is 17.6 Å². The van der Waals surface area contributed by atoms with Gasteiger partial charge in [-0.2, -0.15) is 13.2 Å². The van der Waals surface area contributed by atoms with Crippen LogP contribution in [0.4, 0.5) is 23.8 Å². The first kappa shape index (κ1) is 22.3. The molecule has 6 rings (SSSR count). The zero-order valence-corrected chi connectivity index (χ0v) is 18.6. The summed E-state index contributed by atoms with van der Waals surface area (Å²) in [5.74, 6) is 0.823. The lowest BCUT2D eigenvalue weighted by Crippen LogP contribution is -2.59. The highest BCUT2D eigenvalue weighted by Crippen LogP contribution is 2.60. The number of nitrogens with two attached hydrogens (primary N) is 1. The van der Waals surface area contributed by atoms with Crippen molar-refractivity contribution < 1.29 is 27.5 Å². The number of nitrogens with zero attached hydrogens (tertiary/aromatic N) is 3. The average Bonchev–Trinajstić information content (AvgIpc) is 3.25. The molecule has 33 heavy (non-hydrogen) atoms. The summed E-state index contributed by atoms with van der Waals surface area (Å²) in [7, 11) is 1.70. The van der Waals surface area contributed by atoms with E-state index in [0.29, 0.717) is 38.3 Å². The number of ether oxygens (including phenoxy) is 1. The zero-order valence-electron chi connectivity index (χ0n) is 18.6. The third kappa shape index (κ3) is 3.91. The van der Waals surface area contributed by atoms with Gasteiger partial charge in [0, 0.05) is 26.2 Å². The Labute approximate surface area is 190 Å². The molecule has 4 bridgehead atoms. The lowest BCUT2D eigenvalue weighted by molar-refractivity contribution is -0.161. The highest BCUT2D eigenvalue weighted by atomic mass is 19.4. The fourth-order valence-corrected chi connectivity index (χ4v) is 6.85. The van der Waals surface area contributed by atoms with Crippen molar-refractivity contribution in [1.82, 2.24) is 9.88 Å². The van der Waals surface area contributed by atoms with E-state index >= 15 is 0 Å². The molecule has 1 saturated heterocycles. The van der Waals surface area contributed by atoms with Crippen molar-refractivity contribution >= 4 is 17.8 Å². The third-order valence-corrected chi connectivity index (χ3v) is 8.30. The van der Waals surface area contributed by atoms with Crippen LogP contribution in [0.15, 0.2) is 18.2 Å². The van der Waals surface area contributed by atoms with Crippen LogP contribution in [0.1, 0.15) is 44.2 Å². The summed E-state index contributed by atoms with van der Waals surface area (Å²) < 4.78 is 45.0. The van der Waals surface area contributed by atoms with Crippen LogP contribution in [0.5, 0.6) is 0 Å². The summed E-state index contributed by atoms with van der Waals surface area (Å²) >= 11 is 0. The Kier molecular flexibility index (Phi) is 5.25. The minimum absolute atomic E-state index is 0.148. The number of anilines is 1. The molecule has 180 valence electrons. The first-order valence-electron chi connectivity index (χ1n) is 11.6. The molecular formula is C23H29F3N4O3. The highest BCUT2D eigenvalue weighted by molar-refractivity contribution is 5.81. The van der Waals surface area contributed by atoms with Crippen molar-refractivity contribution in [2.24, 2.45) is 28.9 Å². The summed E-state index contributed by atoms with van der Waals surface area (Å²) in [6.45, 7) is 0.839.